The van der Waals surface area contributed by atoms with Gasteiger partial charge in [-0.15, -0.1) is 0 Å². The lowest BCUT2D eigenvalue weighted by molar-refractivity contribution is -0.671. The number of hydrogen-bond donors (Lipinski definition) is 0. The summed E-state index contributed by atoms with van der Waals surface area (Å²) in [6, 6.07) is 0. The van der Waals surface area contributed by atoms with Crippen molar-refractivity contribution < 1.29 is 30.4 Å². The summed E-state index contributed by atoms with van der Waals surface area (Å²) in [4.78, 5) is 0. The molecule has 0 spiro atoms. The van der Waals surface area contributed by atoms with Crippen molar-refractivity contribution in [2.75, 3.05) is 0 Å². The normalized spacial score (nSPS) is 7.06. The summed E-state index contributed by atoms with van der Waals surface area (Å²) in [6.45, 7) is 3.18. The topological polar surface area (TPSA) is 91.2 Å². The highest BCUT2D eigenvalue weighted by Gasteiger charge is 1.92. The number of aromatic nitrogens is 2. The van der Waals surface area contributed by atoms with Crippen LogP contribution in [0.15, 0.2) is 18.7 Å². The highest BCUT2D eigenvalue weighted by Crippen LogP contribution is 1.79. The van der Waals surface area contributed by atoms with Crippen LogP contribution in [0.2, 0.25) is 0 Å². The molecule has 0 saturated heterocycles. The molecule has 1 aromatic rings. The molecule has 0 aromatic carbocycles. The van der Waals surface area contributed by atoms with E-state index in [2.05, 4.69) is 24.0 Å². The quantitative estimate of drug-likeness (QED) is 0.687. The number of hydrogen-bond acceptors (Lipinski definition) is 4. The molecule has 1 aromatic heterocycles. The van der Waals surface area contributed by atoms with Gasteiger partial charge in [-0.25, -0.2) is 9.13 Å². The summed E-state index contributed by atoms with van der Waals surface area (Å²) < 4.78 is 55.8. The van der Waals surface area contributed by atoms with Gasteiger partial charge < -0.3 is 14.7 Å². The second kappa shape index (κ2) is 20.1. The lowest BCUT2D eigenvalue weighted by atomic mass is 10.7. The van der Waals surface area contributed by atoms with Gasteiger partial charge >= 0.3 is 23.1 Å². The van der Waals surface area contributed by atoms with Crippen LogP contribution >= 0.6 is 0 Å². The molecule has 0 fully saturated rings. The van der Waals surface area contributed by atoms with Crippen molar-refractivity contribution in [2.24, 2.45) is 7.05 Å². The minimum atomic E-state index is -0.750. The van der Waals surface area contributed by atoms with Gasteiger partial charge in [0, 0.05) is 0 Å². The Morgan fingerprint density at radius 3 is 1.71 bits per heavy atom. The number of aryl methyl sites for hydroxylation is 2. The average Bonchev–Trinajstić information content (AvgIpc) is 2.68. The molecule has 0 saturated carbocycles. The first-order chi connectivity index (χ1) is 8.07. The molecule has 1 heterocycles. The molecule has 0 atom stereocenters. The van der Waals surface area contributed by atoms with Crippen LogP contribution in [0.4, 0.5) is 8.96 Å². The second-order valence-corrected chi connectivity index (χ2v) is 2.38. The molecule has 7 nitrogen and oxygen atoms in total. The number of rotatable bonds is 1. The molecule has 100 valence electrons. The summed E-state index contributed by atoms with van der Waals surface area (Å²) in [5.74, 6) is 0.500. The Kier molecular flexibility index (Phi) is 24.9. The van der Waals surface area contributed by atoms with E-state index >= 15 is 0 Å². The molecule has 17 heavy (non-hydrogen) atoms. The van der Waals surface area contributed by atoms with Crippen LogP contribution in [0.3, 0.4) is 0 Å². The Bertz CT molecular complexity index is 326. The molecule has 0 radical (unpaired) electrons. The number of nitrogens with zero attached hydrogens (tertiary/aromatic N) is 3. The van der Waals surface area contributed by atoms with Gasteiger partial charge in [-0.1, -0.05) is 0 Å². The first-order valence-electron chi connectivity index (χ1n) is 3.84. The van der Waals surface area contributed by atoms with E-state index in [0.717, 1.165) is 6.54 Å². The Morgan fingerprint density at radius 2 is 1.59 bits per heavy atom. The van der Waals surface area contributed by atoms with E-state index in [1.54, 1.807) is 0 Å². The number of imidazole rings is 1. The summed E-state index contributed by atoms with van der Waals surface area (Å²) in [5, 5.41) is 0. The van der Waals surface area contributed by atoms with Crippen LogP contribution < -0.4 is 4.57 Å². The van der Waals surface area contributed by atoms with Crippen molar-refractivity contribution >= 4 is 23.1 Å². The Morgan fingerprint density at radius 1 is 1.24 bits per heavy atom. The van der Waals surface area contributed by atoms with Gasteiger partial charge in [-0.2, -0.15) is 16.8 Å². The SMILES string of the molecule is CCn1cc[n+](C)c1.F[N-]F.O=S=O.O=S=O. The Labute approximate surface area is 104 Å². The van der Waals surface area contributed by atoms with Gasteiger partial charge in [0.1, 0.15) is 12.4 Å². The zero-order valence-corrected chi connectivity index (χ0v) is 10.6. The monoisotopic (exact) mass is 291 g/mol. The van der Waals surface area contributed by atoms with Crippen molar-refractivity contribution in [1.29, 1.82) is 0 Å². The Balaban J connectivity index is -0.000000184. The van der Waals surface area contributed by atoms with Crippen LogP contribution in [0.25, 0.3) is 5.76 Å². The van der Waals surface area contributed by atoms with Crippen molar-refractivity contribution in [3.8, 4) is 0 Å². The van der Waals surface area contributed by atoms with Crippen LogP contribution in [0.5, 0.6) is 0 Å². The van der Waals surface area contributed by atoms with E-state index in [4.69, 9.17) is 16.8 Å². The van der Waals surface area contributed by atoms with Crippen LogP contribution in [-0.2, 0) is 36.7 Å². The third-order valence-corrected chi connectivity index (χ3v) is 1.19. The predicted octanol–water partition coefficient (Wildman–Crippen LogP) is 0.121. The van der Waals surface area contributed by atoms with Crippen molar-refractivity contribution in [3.05, 3.63) is 24.5 Å². The molecule has 11 heteroatoms. The summed E-state index contributed by atoms with van der Waals surface area (Å²) in [7, 11) is 2.02. The standard InChI is InChI=1S/C6H11N2.F2N.2O2S/c1-3-8-5-4-7(2)6-8;3*1-3-2/h4-6H,3H2,1-2H3;;;/q+1;-1;;. The molecule has 0 aliphatic carbocycles. The zero-order valence-electron chi connectivity index (χ0n) is 8.99. The van der Waals surface area contributed by atoms with Gasteiger partial charge in [0.15, 0.2) is 0 Å². The molecule has 0 N–H and O–H groups in total. The van der Waals surface area contributed by atoms with E-state index in [1.165, 1.54) is 0 Å². The van der Waals surface area contributed by atoms with E-state index in [1.807, 2.05) is 17.8 Å². The van der Waals surface area contributed by atoms with Crippen molar-refractivity contribution in [3.63, 3.8) is 0 Å². The van der Waals surface area contributed by atoms with E-state index < -0.39 is 23.1 Å². The smallest absolute Gasteiger partial charge is 0.335 e. The first kappa shape index (κ1) is 21.0. The van der Waals surface area contributed by atoms with Crippen LogP contribution in [0.1, 0.15) is 6.92 Å². The maximum Gasteiger partial charge on any atom is 0.335 e. The maximum atomic E-state index is 9.25. The van der Waals surface area contributed by atoms with Gasteiger partial charge in [0.2, 0.25) is 6.33 Å². The largest absolute Gasteiger partial charge is 0.339 e. The second-order valence-electron chi connectivity index (χ2n) is 2.11. The van der Waals surface area contributed by atoms with Crippen LogP contribution in [-0.4, -0.2) is 21.4 Å². The van der Waals surface area contributed by atoms with Crippen LogP contribution in [0, 0.1) is 0 Å². The van der Waals surface area contributed by atoms with E-state index in [9.17, 15) is 8.96 Å². The third-order valence-electron chi connectivity index (χ3n) is 1.19. The fourth-order valence-corrected chi connectivity index (χ4v) is 0.689. The molecular formula is C6H11F2N3O4S2. The van der Waals surface area contributed by atoms with Crippen molar-refractivity contribution in [2.45, 2.75) is 13.5 Å². The summed E-state index contributed by atoms with van der Waals surface area (Å²) in [6.07, 6.45) is 6.14. The van der Waals surface area contributed by atoms with Gasteiger partial charge in [-0.3, -0.25) is 0 Å². The fourth-order valence-electron chi connectivity index (χ4n) is 0.689. The first-order valence-corrected chi connectivity index (χ1v) is 5.17. The minimum absolute atomic E-state index is 0.500. The average molecular weight is 291 g/mol. The van der Waals surface area contributed by atoms with Crippen molar-refractivity contribution in [1.82, 2.24) is 4.57 Å². The van der Waals surface area contributed by atoms with Gasteiger partial charge in [0.25, 0.3) is 0 Å². The highest BCUT2D eigenvalue weighted by atomic mass is 32.1. The van der Waals surface area contributed by atoms with E-state index in [0.29, 0.717) is 5.76 Å². The molecule has 0 amide bonds. The lowest BCUT2D eigenvalue weighted by Crippen LogP contribution is -2.23. The highest BCUT2D eigenvalue weighted by molar-refractivity contribution is 7.51. The fraction of sp³-hybridized carbons (Fsp3) is 0.500. The number of halogens is 2. The minimum Gasteiger partial charge on any atom is -0.339 e. The summed E-state index contributed by atoms with van der Waals surface area (Å²) >= 11 is -1.50. The van der Waals surface area contributed by atoms with Gasteiger partial charge in [-0.05, 0) is 6.92 Å². The molecule has 0 bridgehead atoms. The third kappa shape index (κ3) is 25.2. The molecular weight excluding hydrogens is 280 g/mol. The lowest BCUT2D eigenvalue weighted by Gasteiger charge is -1.81. The zero-order chi connectivity index (χ0) is 14.1. The molecule has 0 unspecified atom stereocenters. The molecule has 1 rings (SSSR count). The van der Waals surface area contributed by atoms with Gasteiger partial charge in [0.05, 0.1) is 13.6 Å². The maximum absolute atomic E-state index is 9.25. The summed E-state index contributed by atoms with van der Waals surface area (Å²) in [5.41, 5.74) is 0. The molecule has 0 aliphatic rings. The molecule has 0 aliphatic heterocycles. The van der Waals surface area contributed by atoms with E-state index in [-0.39, 0.29) is 0 Å². The Hall–Kier alpha value is -1.33. The predicted molar refractivity (Wildman–Crippen MR) is 54.7 cm³/mol.